The van der Waals surface area contributed by atoms with Crippen molar-refractivity contribution >= 4 is 5.69 Å². The maximum Gasteiger partial charge on any atom is 0.121 e. The highest BCUT2D eigenvalue weighted by Crippen LogP contribution is 2.17. The van der Waals surface area contributed by atoms with Crippen LogP contribution in [-0.4, -0.2) is 30.6 Å². The van der Waals surface area contributed by atoms with Gasteiger partial charge in [-0.1, -0.05) is 12.5 Å². The van der Waals surface area contributed by atoms with E-state index < -0.39 is 0 Å². The smallest absolute Gasteiger partial charge is 0.121 e. The fraction of sp³-hybridized carbons (Fsp3) is 0.600. The van der Waals surface area contributed by atoms with Gasteiger partial charge < -0.3 is 15.4 Å². The summed E-state index contributed by atoms with van der Waals surface area (Å²) in [4.78, 5) is 2.58. The Morgan fingerprint density at radius 1 is 1.39 bits per heavy atom. The number of piperidine rings is 1. The maximum atomic E-state index is 5.71. The number of rotatable bonds is 5. The molecular weight excluding hydrogens is 224 g/mol. The number of nitrogens with two attached hydrogens (primary N) is 1. The van der Waals surface area contributed by atoms with Crippen molar-refractivity contribution in [2.75, 3.05) is 25.4 Å². The fourth-order valence-corrected chi connectivity index (χ4v) is 2.55. The molecule has 1 aliphatic rings. The number of anilines is 1. The number of nitrogen functional groups attached to an aromatic ring is 1. The van der Waals surface area contributed by atoms with Gasteiger partial charge in [0.25, 0.3) is 0 Å². The highest BCUT2D eigenvalue weighted by molar-refractivity contribution is 5.43. The number of likely N-dealkylation sites (tertiary alicyclic amines) is 1. The van der Waals surface area contributed by atoms with Crippen LogP contribution in [0.2, 0.25) is 0 Å². The molecule has 1 fully saturated rings. The third-order valence-electron chi connectivity index (χ3n) is 3.66. The zero-order valence-corrected chi connectivity index (χ0v) is 11.3. The van der Waals surface area contributed by atoms with Crippen molar-refractivity contribution in [3.63, 3.8) is 0 Å². The Labute approximate surface area is 110 Å². The molecule has 1 saturated heterocycles. The third-order valence-corrected chi connectivity index (χ3v) is 3.66. The maximum absolute atomic E-state index is 5.71. The van der Waals surface area contributed by atoms with Crippen LogP contribution in [0.3, 0.4) is 0 Å². The number of ether oxygens (including phenoxy) is 1. The average Bonchev–Trinajstić information content (AvgIpc) is 2.37. The molecule has 0 spiro atoms. The van der Waals surface area contributed by atoms with E-state index >= 15 is 0 Å². The van der Waals surface area contributed by atoms with E-state index in [1.165, 1.54) is 25.8 Å². The zero-order valence-electron chi connectivity index (χ0n) is 11.3. The lowest BCUT2D eigenvalue weighted by Crippen LogP contribution is -2.38. The molecule has 0 radical (unpaired) electrons. The highest BCUT2D eigenvalue weighted by atomic mass is 16.5. The molecule has 100 valence electrons. The normalized spacial score (nSPS) is 20.8. The van der Waals surface area contributed by atoms with Crippen molar-refractivity contribution in [2.45, 2.75) is 38.6 Å². The van der Waals surface area contributed by atoms with E-state index in [1.54, 1.807) is 0 Å². The van der Waals surface area contributed by atoms with Gasteiger partial charge in [0, 0.05) is 24.3 Å². The standard InChI is InChI=1S/C15H24N2O/c1-13-6-2-3-9-17(13)10-5-11-18-15-8-4-7-14(16)12-15/h4,7-8,12-13H,2-3,5-6,9-11,16H2,1H3. The van der Waals surface area contributed by atoms with Crippen molar-refractivity contribution in [3.8, 4) is 5.75 Å². The van der Waals surface area contributed by atoms with Crippen LogP contribution in [0, 0.1) is 0 Å². The van der Waals surface area contributed by atoms with Gasteiger partial charge in [-0.3, -0.25) is 0 Å². The molecular formula is C15H24N2O. The van der Waals surface area contributed by atoms with Crippen molar-refractivity contribution in [1.29, 1.82) is 0 Å². The second kappa shape index (κ2) is 6.64. The molecule has 18 heavy (non-hydrogen) atoms. The van der Waals surface area contributed by atoms with Gasteiger partial charge in [-0.15, -0.1) is 0 Å². The minimum Gasteiger partial charge on any atom is -0.493 e. The Bertz CT molecular complexity index is 367. The lowest BCUT2D eigenvalue weighted by molar-refractivity contribution is 0.148. The van der Waals surface area contributed by atoms with Crippen LogP contribution in [0.15, 0.2) is 24.3 Å². The molecule has 1 aromatic carbocycles. The third kappa shape index (κ3) is 3.91. The van der Waals surface area contributed by atoms with E-state index in [4.69, 9.17) is 10.5 Å². The quantitative estimate of drug-likeness (QED) is 0.643. The second-order valence-corrected chi connectivity index (χ2v) is 5.16. The van der Waals surface area contributed by atoms with Gasteiger partial charge >= 0.3 is 0 Å². The van der Waals surface area contributed by atoms with Crippen LogP contribution in [-0.2, 0) is 0 Å². The van der Waals surface area contributed by atoms with Crippen molar-refractivity contribution in [3.05, 3.63) is 24.3 Å². The highest BCUT2D eigenvalue weighted by Gasteiger charge is 2.17. The number of hydrogen-bond donors (Lipinski definition) is 1. The summed E-state index contributed by atoms with van der Waals surface area (Å²) >= 11 is 0. The minimum absolute atomic E-state index is 0.742. The first kappa shape index (κ1) is 13.2. The summed E-state index contributed by atoms with van der Waals surface area (Å²) in [5.74, 6) is 0.877. The van der Waals surface area contributed by atoms with Crippen LogP contribution in [0.25, 0.3) is 0 Å². The SMILES string of the molecule is CC1CCCCN1CCCOc1cccc(N)c1. The van der Waals surface area contributed by atoms with Gasteiger partial charge in [-0.25, -0.2) is 0 Å². The first-order chi connectivity index (χ1) is 8.75. The van der Waals surface area contributed by atoms with Gasteiger partial charge in [-0.05, 0) is 44.9 Å². The molecule has 1 heterocycles. The van der Waals surface area contributed by atoms with Crippen molar-refractivity contribution in [1.82, 2.24) is 4.90 Å². The van der Waals surface area contributed by atoms with Crippen LogP contribution in [0.4, 0.5) is 5.69 Å². The molecule has 1 unspecified atom stereocenters. The zero-order chi connectivity index (χ0) is 12.8. The molecule has 0 aromatic heterocycles. The summed E-state index contributed by atoms with van der Waals surface area (Å²) in [5.41, 5.74) is 6.47. The fourth-order valence-electron chi connectivity index (χ4n) is 2.55. The summed E-state index contributed by atoms with van der Waals surface area (Å²) in [6.45, 7) is 5.49. The molecule has 1 aliphatic heterocycles. The number of hydrogen-bond acceptors (Lipinski definition) is 3. The van der Waals surface area contributed by atoms with Crippen LogP contribution < -0.4 is 10.5 Å². The van der Waals surface area contributed by atoms with Gasteiger partial charge in [-0.2, -0.15) is 0 Å². The van der Waals surface area contributed by atoms with Gasteiger partial charge in [0.1, 0.15) is 5.75 Å². The molecule has 1 aromatic rings. The van der Waals surface area contributed by atoms with Gasteiger partial charge in [0.05, 0.1) is 6.61 Å². The predicted octanol–water partition coefficient (Wildman–Crippen LogP) is 2.91. The number of nitrogens with zero attached hydrogens (tertiary/aromatic N) is 1. The molecule has 3 heteroatoms. The monoisotopic (exact) mass is 248 g/mol. The molecule has 3 nitrogen and oxygen atoms in total. The number of benzene rings is 1. The van der Waals surface area contributed by atoms with Gasteiger partial charge in [0.2, 0.25) is 0 Å². The van der Waals surface area contributed by atoms with Crippen molar-refractivity contribution < 1.29 is 4.74 Å². The molecule has 0 bridgehead atoms. The molecule has 1 atom stereocenters. The Morgan fingerprint density at radius 2 is 2.28 bits per heavy atom. The molecule has 0 amide bonds. The molecule has 2 N–H and O–H groups in total. The summed E-state index contributed by atoms with van der Waals surface area (Å²) < 4.78 is 5.71. The Morgan fingerprint density at radius 3 is 3.06 bits per heavy atom. The van der Waals surface area contributed by atoms with E-state index in [1.807, 2.05) is 24.3 Å². The molecule has 2 rings (SSSR count). The van der Waals surface area contributed by atoms with Crippen LogP contribution in [0.5, 0.6) is 5.75 Å². The lowest BCUT2D eigenvalue weighted by atomic mass is 10.0. The molecule has 0 saturated carbocycles. The lowest BCUT2D eigenvalue weighted by Gasteiger charge is -2.33. The Balaban J connectivity index is 1.66. The Hall–Kier alpha value is -1.22. The second-order valence-electron chi connectivity index (χ2n) is 5.16. The average molecular weight is 248 g/mol. The van der Waals surface area contributed by atoms with E-state index in [9.17, 15) is 0 Å². The van der Waals surface area contributed by atoms with E-state index in [0.717, 1.165) is 37.1 Å². The van der Waals surface area contributed by atoms with E-state index in [2.05, 4.69) is 11.8 Å². The first-order valence-electron chi connectivity index (χ1n) is 6.98. The summed E-state index contributed by atoms with van der Waals surface area (Å²) in [7, 11) is 0. The summed E-state index contributed by atoms with van der Waals surface area (Å²) in [6.07, 6.45) is 5.16. The predicted molar refractivity (Wildman–Crippen MR) is 75.9 cm³/mol. The van der Waals surface area contributed by atoms with E-state index in [-0.39, 0.29) is 0 Å². The van der Waals surface area contributed by atoms with Gasteiger partial charge in [0.15, 0.2) is 0 Å². The van der Waals surface area contributed by atoms with Crippen LogP contribution in [0.1, 0.15) is 32.6 Å². The molecule has 0 aliphatic carbocycles. The Kier molecular flexibility index (Phi) is 4.88. The first-order valence-corrected chi connectivity index (χ1v) is 6.98. The minimum atomic E-state index is 0.742. The summed E-state index contributed by atoms with van der Waals surface area (Å²) in [6, 6.07) is 8.38. The largest absolute Gasteiger partial charge is 0.493 e. The van der Waals surface area contributed by atoms with Crippen LogP contribution >= 0.6 is 0 Å². The topological polar surface area (TPSA) is 38.5 Å². The van der Waals surface area contributed by atoms with Crippen molar-refractivity contribution in [2.24, 2.45) is 0 Å². The summed E-state index contributed by atoms with van der Waals surface area (Å²) in [5, 5.41) is 0. The van der Waals surface area contributed by atoms with E-state index in [0.29, 0.717) is 0 Å².